The van der Waals surface area contributed by atoms with E-state index in [4.69, 9.17) is 0 Å². The number of rotatable bonds is 3. The van der Waals surface area contributed by atoms with Crippen LogP contribution in [0.5, 0.6) is 0 Å². The van der Waals surface area contributed by atoms with E-state index in [2.05, 4.69) is 13.7 Å². The van der Waals surface area contributed by atoms with E-state index >= 15 is 0 Å². The zero-order chi connectivity index (χ0) is 7.11. The van der Waals surface area contributed by atoms with Crippen LogP contribution < -0.4 is 0 Å². The van der Waals surface area contributed by atoms with Crippen molar-refractivity contribution < 1.29 is 9.53 Å². The van der Waals surface area contributed by atoms with Gasteiger partial charge in [0, 0.05) is 0 Å². The van der Waals surface area contributed by atoms with Crippen molar-refractivity contribution in [3.63, 3.8) is 0 Å². The third-order valence-corrected chi connectivity index (χ3v) is 3.20. The van der Waals surface area contributed by atoms with Gasteiger partial charge >= 0.3 is 5.97 Å². The predicted octanol–water partition coefficient (Wildman–Crippen LogP) is 1.68. The van der Waals surface area contributed by atoms with E-state index in [1.54, 1.807) is 6.92 Å². The van der Waals surface area contributed by atoms with E-state index in [-0.39, 0.29) is 5.97 Å². The van der Waals surface area contributed by atoms with E-state index in [9.17, 15) is 4.79 Å². The van der Waals surface area contributed by atoms with Gasteiger partial charge in [-0.25, -0.2) is 4.79 Å². The standard InChI is InChI=1S/C4H9O2P3/c1-2-6-4(5)3-8-9-7/h3,9H,2,7H2,1H3. The van der Waals surface area contributed by atoms with Crippen LogP contribution in [0.25, 0.3) is 0 Å². The second kappa shape index (κ2) is 6.62. The number of carbonyl (C=O) groups excluding carboxylic acids is 1. The molecule has 0 saturated heterocycles. The van der Waals surface area contributed by atoms with Gasteiger partial charge in [-0.2, -0.15) is 0 Å². The molecule has 5 heteroatoms. The zero-order valence-corrected chi connectivity index (χ0v) is 8.17. The van der Waals surface area contributed by atoms with Crippen molar-refractivity contribution in [2.45, 2.75) is 6.92 Å². The monoisotopic (exact) mass is 182 g/mol. The minimum Gasteiger partial charge on any atom is -0.463 e. The Kier molecular flexibility index (Phi) is 6.99. The molecule has 0 fully saturated rings. The highest BCUT2D eigenvalue weighted by atomic mass is 32.4. The van der Waals surface area contributed by atoms with Crippen molar-refractivity contribution in [2.24, 2.45) is 0 Å². The van der Waals surface area contributed by atoms with E-state index in [0.717, 1.165) is 7.89 Å². The fourth-order valence-corrected chi connectivity index (χ4v) is 1.73. The maximum absolute atomic E-state index is 10.5. The van der Waals surface area contributed by atoms with Gasteiger partial charge < -0.3 is 4.74 Å². The van der Waals surface area contributed by atoms with Crippen LogP contribution in [0.4, 0.5) is 0 Å². The Morgan fingerprint density at radius 2 is 2.67 bits per heavy atom. The molecular weight excluding hydrogens is 173 g/mol. The molecule has 9 heavy (non-hydrogen) atoms. The second-order valence-corrected chi connectivity index (χ2v) is 5.79. The van der Waals surface area contributed by atoms with Crippen molar-refractivity contribution in [1.82, 2.24) is 0 Å². The molecule has 0 aromatic heterocycles. The fourth-order valence-electron chi connectivity index (χ4n) is 0.269. The van der Waals surface area contributed by atoms with Gasteiger partial charge in [0.15, 0.2) is 0 Å². The molecule has 0 aliphatic carbocycles. The minimum atomic E-state index is -0.214. The van der Waals surface area contributed by atoms with Crippen LogP contribution in [0.15, 0.2) is 0 Å². The molecule has 2 atom stereocenters. The summed E-state index contributed by atoms with van der Waals surface area (Å²) in [6.45, 7) is 2.26. The number of hydrogen-bond acceptors (Lipinski definition) is 2. The van der Waals surface area contributed by atoms with Crippen LogP contribution in [0.2, 0.25) is 0 Å². The molecule has 0 aromatic rings. The van der Waals surface area contributed by atoms with Gasteiger partial charge in [-0.05, 0) is 14.9 Å². The van der Waals surface area contributed by atoms with Crippen molar-refractivity contribution in [1.29, 1.82) is 0 Å². The average Bonchev–Trinajstić information content (AvgIpc) is 1.85. The van der Waals surface area contributed by atoms with Gasteiger partial charge in [0.05, 0.1) is 12.4 Å². The predicted molar refractivity (Wildman–Crippen MR) is 47.6 cm³/mol. The Labute approximate surface area is 60.3 Å². The van der Waals surface area contributed by atoms with Crippen molar-refractivity contribution in [3.8, 4) is 0 Å². The number of esters is 1. The molecule has 0 saturated carbocycles. The lowest BCUT2D eigenvalue weighted by atomic mass is 10.8. The van der Waals surface area contributed by atoms with Crippen LogP contribution in [-0.4, -0.2) is 18.4 Å². The van der Waals surface area contributed by atoms with Crippen molar-refractivity contribution in [3.05, 3.63) is 0 Å². The van der Waals surface area contributed by atoms with Gasteiger partial charge in [-0.15, -0.1) is 8.93 Å². The molecule has 2 nitrogen and oxygen atoms in total. The summed E-state index contributed by atoms with van der Waals surface area (Å²) in [5.74, 6) is 1.32. The van der Waals surface area contributed by atoms with Gasteiger partial charge in [0.2, 0.25) is 0 Å². The maximum Gasteiger partial charge on any atom is 0.335 e. The molecular formula is C4H9O2P3. The summed E-state index contributed by atoms with van der Waals surface area (Å²) in [7, 11) is 4.27. The van der Waals surface area contributed by atoms with Crippen LogP contribution in [0.3, 0.4) is 0 Å². The molecule has 0 spiro atoms. The molecule has 0 heterocycles. The minimum absolute atomic E-state index is 0.214. The van der Waals surface area contributed by atoms with Gasteiger partial charge in [-0.3, -0.25) is 0 Å². The Morgan fingerprint density at radius 1 is 2.00 bits per heavy atom. The summed E-state index contributed by atoms with van der Waals surface area (Å²) in [6.07, 6.45) is 0. The molecule has 0 N–H and O–H groups in total. The normalized spacial score (nSPS) is 11.3. The Morgan fingerprint density at radius 3 is 3.11 bits per heavy atom. The Balaban J connectivity index is 3.37. The Bertz CT molecular complexity index is 112. The fraction of sp³-hybridized carbons (Fsp3) is 0.500. The second-order valence-electron chi connectivity index (χ2n) is 1.14. The maximum atomic E-state index is 10.5. The summed E-state index contributed by atoms with van der Waals surface area (Å²) in [5.41, 5.74) is 0. The first-order valence-electron chi connectivity index (χ1n) is 2.46. The van der Waals surface area contributed by atoms with Gasteiger partial charge in [-0.1, -0.05) is 7.89 Å². The van der Waals surface area contributed by atoms with Crippen molar-refractivity contribution >= 4 is 36.5 Å². The summed E-state index contributed by atoms with van der Waals surface area (Å²) in [6, 6.07) is 0. The van der Waals surface area contributed by atoms with Crippen LogP contribution >= 0.6 is 24.8 Å². The largest absolute Gasteiger partial charge is 0.463 e. The van der Waals surface area contributed by atoms with E-state index in [1.165, 1.54) is 5.80 Å². The first-order chi connectivity index (χ1) is 4.31. The Hall–Kier alpha value is 0.500. The lowest BCUT2D eigenvalue weighted by Crippen LogP contribution is -2.02. The topological polar surface area (TPSA) is 26.3 Å². The molecule has 2 unspecified atom stereocenters. The summed E-state index contributed by atoms with van der Waals surface area (Å²) in [4.78, 5) is 10.5. The van der Waals surface area contributed by atoms with Crippen LogP contribution in [0, 0.1) is 0 Å². The summed E-state index contributed by atoms with van der Waals surface area (Å²) < 4.78 is 4.64. The van der Waals surface area contributed by atoms with E-state index in [1.807, 2.05) is 0 Å². The molecule has 0 radical (unpaired) electrons. The third-order valence-electron chi connectivity index (χ3n) is 0.531. The molecule has 0 aromatic carbocycles. The molecule has 0 rings (SSSR count). The SMILES string of the molecule is CCOC(=O)C=PPP. The smallest absolute Gasteiger partial charge is 0.335 e. The molecule has 0 bridgehead atoms. The number of ether oxygens (including phenoxy) is 1. The van der Waals surface area contributed by atoms with Crippen LogP contribution in [0.1, 0.15) is 6.92 Å². The average molecular weight is 182 g/mol. The highest BCUT2D eigenvalue weighted by Crippen LogP contribution is 2.34. The van der Waals surface area contributed by atoms with E-state index < -0.39 is 0 Å². The van der Waals surface area contributed by atoms with Gasteiger partial charge in [0.1, 0.15) is 0 Å². The van der Waals surface area contributed by atoms with Crippen molar-refractivity contribution in [2.75, 3.05) is 6.61 Å². The molecule has 0 aliphatic heterocycles. The quantitative estimate of drug-likeness (QED) is 0.490. The first kappa shape index (κ1) is 9.50. The molecule has 0 amide bonds. The van der Waals surface area contributed by atoms with Crippen LogP contribution in [-0.2, 0) is 9.53 Å². The number of hydrogen-bond donors (Lipinski definition) is 0. The summed E-state index contributed by atoms with van der Waals surface area (Å²) >= 11 is 0. The highest BCUT2D eigenvalue weighted by molar-refractivity contribution is 8.38. The highest BCUT2D eigenvalue weighted by Gasteiger charge is 1.90. The van der Waals surface area contributed by atoms with E-state index in [0.29, 0.717) is 14.6 Å². The summed E-state index contributed by atoms with van der Waals surface area (Å²) in [5, 5.41) is 0. The first-order valence-corrected chi connectivity index (χ1v) is 7.08. The molecule has 52 valence electrons. The lowest BCUT2D eigenvalue weighted by molar-refractivity contribution is -0.134. The molecule has 0 aliphatic rings. The zero-order valence-electron chi connectivity index (χ0n) is 5.13. The van der Waals surface area contributed by atoms with Gasteiger partial charge in [0.25, 0.3) is 0 Å². The third kappa shape index (κ3) is 6.38. The number of carbonyl (C=O) groups is 1. The lowest BCUT2D eigenvalue weighted by Gasteiger charge is -1.92.